The molecule has 3 N–H and O–H groups in total. The highest BCUT2D eigenvalue weighted by atomic mass is 16.3. The third-order valence-electron chi connectivity index (χ3n) is 3.68. The lowest BCUT2D eigenvalue weighted by atomic mass is 10.0. The summed E-state index contributed by atoms with van der Waals surface area (Å²) in [5.41, 5.74) is 1.48. The van der Waals surface area contributed by atoms with Crippen LogP contribution in [0, 0.1) is 0 Å². The summed E-state index contributed by atoms with van der Waals surface area (Å²) >= 11 is 0. The van der Waals surface area contributed by atoms with Gasteiger partial charge < -0.3 is 15.7 Å². The first-order chi connectivity index (χ1) is 9.52. The van der Waals surface area contributed by atoms with Gasteiger partial charge in [-0.05, 0) is 31.9 Å². The SMILES string of the molecule is CCn1nc(C(C)C)cc1C(=O)N[C@@H]1CNCC[C@H]1O. The Kier molecular flexibility index (Phi) is 4.77. The number of amides is 1. The summed E-state index contributed by atoms with van der Waals surface area (Å²) in [4.78, 5) is 12.4. The van der Waals surface area contributed by atoms with Crippen LogP contribution in [0.15, 0.2) is 6.07 Å². The second-order valence-corrected chi connectivity index (χ2v) is 5.57. The molecule has 6 heteroatoms. The smallest absolute Gasteiger partial charge is 0.269 e. The highest BCUT2D eigenvalue weighted by Gasteiger charge is 2.26. The maximum Gasteiger partial charge on any atom is 0.269 e. The van der Waals surface area contributed by atoms with Crippen molar-refractivity contribution in [2.45, 2.75) is 51.8 Å². The van der Waals surface area contributed by atoms with Gasteiger partial charge in [-0.2, -0.15) is 5.10 Å². The van der Waals surface area contributed by atoms with Crippen LogP contribution in [0.4, 0.5) is 0 Å². The quantitative estimate of drug-likeness (QED) is 0.749. The molecule has 0 saturated carbocycles. The van der Waals surface area contributed by atoms with E-state index in [1.54, 1.807) is 4.68 Å². The second-order valence-electron chi connectivity index (χ2n) is 5.57. The molecule has 0 spiro atoms. The van der Waals surface area contributed by atoms with E-state index in [1.807, 2.05) is 13.0 Å². The molecule has 0 aliphatic carbocycles. The molecule has 1 amide bonds. The first-order valence-electron chi connectivity index (χ1n) is 7.30. The molecule has 2 atom stereocenters. The number of rotatable bonds is 4. The average Bonchev–Trinajstić information content (AvgIpc) is 2.85. The van der Waals surface area contributed by atoms with Gasteiger partial charge in [-0.25, -0.2) is 0 Å². The van der Waals surface area contributed by atoms with Gasteiger partial charge in [0, 0.05) is 13.1 Å². The fourth-order valence-corrected chi connectivity index (χ4v) is 2.38. The number of aryl methyl sites for hydroxylation is 1. The summed E-state index contributed by atoms with van der Waals surface area (Å²) in [6.45, 7) is 8.12. The molecule has 1 aliphatic rings. The molecule has 1 fully saturated rings. The Balaban J connectivity index is 2.11. The van der Waals surface area contributed by atoms with Crippen molar-refractivity contribution in [2.75, 3.05) is 13.1 Å². The Bertz CT molecular complexity index is 470. The first kappa shape index (κ1) is 15.0. The number of nitrogens with one attached hydrogen (secondary N) is 2. The predicted octanol–water partition coefficient (Wildman–Crippen LogP) is 0.479. The topological polar surface area (TPSA) is 79.2 Å². The predicted molar refractivity (Wildman–Crippen MR) is 76.7 cm³/mol. The normalized spacial score (nSPS) is 23.1. The number of aliphatic hydroxyl groups is 1. The van der Waals surface area contributed by atoms with Gasteiger partial charge in [-0.1, -0.05) is 13.8 Å². The summed E-state index contributed by atoms with van der Waals surface area (Å²) < 4.78 is 1.72. The molecule has 112 valence electrons. The van der Waals surface area contributed by atoms with E-state index in [-0.39, 0.29) is 17.9 Å². The number of aromatic nitrogens is 2. The minimum absolute atomic E-state index is 0.168. The lowest BCUT2D eigenvalue weighted by Crippen LogP contribution is -2.53. The van der Waals surface area contributed by atoms with E-state index in [0.29, 0.717) is 25.2 Å². The lowest BCUT2D eigenvalue weighted by Gasteiger charge is -2.29. The highest BCUT2D eigenvalue weighted by Crippen LogP contribution is 2.15. The second kappa shape index (κ2) is 6.37. The number of piperidine rings is 1. The van der Waals surface area contributed by atoms with E-state index < -0.39 is 6.10 Å². The van der Waals surface area contributed by atoms with Gasteiger partial charge >= 0.3 is 0 Å². The van der Waals surface area contributed by atoms with Gasteiger partial charge in [0.2, 0.25) is 0 Å². The number of carbonyl (C=O) groups excluding carboxylic acids is 1. The van der Waals surface area contributed by atoms with Gasteiger partial charge in [-0.3, -0.25) is 9.48 Å². The fraction of sp³-hybridized carbons (Fsp3) is 0.714. The third kappa shape index (κ3) is 3.19. The lowest BCUT2D eigenvalue weighted by molar-refractivity contribution is 0.0746. The largest absolute Gasteiger partial charge is 0.391 e. The molecule has 1 aromatic rings. The van der Waals surface area contributed by atoms with Crippen molar-refractivity contribution < 1.29 is 9.90 Å². The maximum atomic E-state index is 12.4. The van der Waals surface area contributed by atoms with Crippen LogP contribution in [0.2, 0.25) is 0 Å². The minimum Gasteiger partial charge on any atom is -0.391 e. The molecule has 1 aliphatic heterocycles. The zero-order valence-corrected chi connectivity index (χ0v) is 12.4. The molecule has 6 nitrogen and oxygen atoms in total. The number of carbonyl (C=O) groups is 1. The maximum absolute atomic E-state index is 12.4. The van der Waals surface area contributed by atoms with E-state index >= 15 is 0 Å². The van der Waals surface area contributed by atoms with Gasteiger partial charge in [0.05, 0.1) is 17.8 Å². The van der Waals surface area contributed by atoms with E-state index in [2.05, 4.69) is 29.6 Å². The van der Waals surface area contributed by atoms with Crippen LogP contribution < -0.4 is 10.6 Å². The van der Waals surface area contributed by atoms with E-state index in [9.17, 15) is 9.90 Å². The third-order valence-corrected chi connectivity index (χ3v) is 3.68. The van der Waals surface area contributed by atoms with Crippen LogP contribution in [0.3, 0.4) is 0 Å². The van der Waals surface area contributed by atoms with Gasteiger partial charge in [-0.15, -0.1) is 0 Å². The van der Waals surface area contributed by atoms with Crippen molar-refractivity contribution in [3.63, 3.8) is 0 Å². The van der Waals surface area contributed by atoms with Crippen LogP contribution >= 0.6 is 0 Å². The number of aliphatic hydroxyl groups excluding tert-OH is 1. The minimum atomic E-state index is -0.484. The Morgan fingerprint density at radius 1 is 1.65 bits per heavy atom. The van der Waals surface area contributed by atoms with Gasteiger partial charge in [0.15, 0.2) is 0 Å². The number of nitrogens with zero attached hydrogens (tertiary/aromatic N) is 2. The number of hydrogen-bond acceptors (Lipinski definition) is 4. The van der Waals surface area contributed by atoms with Crippen molar-refractivity contribution in [3.05, 3.63) is 17.5 Å². The molecule has 2 heterocycles. The van der Waals surface area contributed by atoms with Crippen molar-refractivity contribution >= 4 is 5.91 Å². The van der Waals surface area contributed by atoms with E-state index in [4.69, 9.17) is 0 Å². The summed E-state index contributed by atoms with van der Waals surface area (Å²) in [5, 5.41) is 20.4. The average molecular weight is 280 g/mol. The van der Waals surface area contributed by atoms with Gasteiger partial charge in [0.1, 0.15) is 5.69 Å². The molecule has 20 heavy (non-hydrogen) atoms. The van der Waals surface area contributed by atoms with Crippen LogP contribution in [-0.2, 0) is 6.54 Å². The van der Waals surface area contributed by atoms with Crippen molar-refractivity contribution in [1.29, 1.82) is 0 Å². The summed E-state index contributed by atoms with van der Waals surface area (Å²) in [6.07, 6.45) is 0.178. The molecule has 1 aromatic heterocycles. The molecule has 2 rings (SSSR count). The van der Waals surface area contributed by atoms with Crippen molar-refractivity contribution in [2.24, 2.45) is 0 Å². The monoisotopic (exact) mass is 280 g/mol. The van der Waals surface area contributed by atoms with Crippen LogP contribution in [0.1, 0.15) is 49.3 Å². The number of hydrogen-bond donors (Lipinski definition) is 3. The molecule has 0 aromatic carbocycles. The molecule has 0 unspecified atom stereocenters. The molecule has 1 saturated heterocycles. The van der Waals surface area contributed by atoms with Crippen LogP contribution in [0.25, 0.3) is 0 Å². The molecule has 0 bridgehead atoms. The zero-order valence-electron chi connectivity index (χ0n) is 12.4. The van der Waals surface area contributed by atoms with Crippen molar-refractivity contribution in [3.8, 4) is 0 Å². The Morgan fingerprint density at radius 2 is 2.40 bits per heavy atom. The summed E-state index contributed by atoms with van der Waals surface area (Å²) in [5.74, 6) is 0.121. The van der Waals surface area contributed by atoms with Gasteiger partial charge in [0.25, 0.3) is 5.91 Å². The zero-order chi connectivity index (χ0) is 14.7. The summed E-state index contributed by atoms with van der Waals surface area (Å²) in [6, 6.07) is 1.60. The molecular formula is C14H24N4O2. The highest BCUT2D eigenvalue weighted by molar-refractivity contribution is 5.93. The first-order valence-corrected chi connectivity index (χ1v) is 7.30. The summed E-state index contributed by atoms with van der Waals surface area (Å²) in [7, 11) is 0. The Morgan fingerprint density at radius 3 is 3.00 bits per heavy atom. The molecule has 0 radical (unpaired) electrons. The van der Waals surface area contributed by atoms with Crippen molar-refractivity contribution in [1.82, 2.24) is 20.4 Å². The molecular weight excluding hydrogens is 256 g/mol. The van der Waals surface area contributed by atoms with Crippen LogP contribution in [0.5, 0.6) is 0 Å². The Labute approximate surface area is 119 Å². The van der Waals surface area contributed by atoms with E-state index in [0.717, 1.165) is 12.2 Å². The fourth-order valence-electron chi connectivity index (χ4n) is 2.38. The standard InChI is InChI=1S/C14H24N4O2/c1-4-18-12(7-10(17-18)9(2)3)14(20)16-11-8-15-6-5-13(11)19/h7,9,11,13,15,19H,4-6,8H2,1-3H3,(H,16,20)/t11-,13-/m1/s1. The Hall–Kier alpha value is -1.40. The van der Waals surface area contributed by atoms with Crippen LogP contribution in [-0.4, -0.2) is 46.0 Å². The van der Waals surface area contributed by atoms with E-state index in [1.165, 1.54) is 0 Å².